The summed E-state index contributed by atoms with van der Waals surface area (Å²) in [6.07, 6.45) is 3.31. The molecule has 3 heteroatoms. The van der Waals surface area contributed by atoms with E-state index in [1.807, 2.05) is 11.8 Å². The van der Waals surface area contributed by atoms with E-state index in [1.54, 1.807) is 0 Å². The van der Waals surface area contributed by atoms with Crippen LogP contribution < -0.4 is 5.32 Å². The van der Waals surface area contributed by atoms with Crippen LogP contribution in [0.25, 0.3) is 0 Å². The molecule has 1 aliphatic rings. The first-order valence-electron chi connectivity index (χ1n) is 7.74. The molecular weight excluding hydrogens is 264 g/mol. The Bertz CT molecular complexity index is 458. The van der Waals surface area contributed by atoms with Crippen molar-refractivity contribution in [2.24, 2.45) is 10.9 Å². The highest BCUT2D eigenvalue weighted by molar-refractivity contribution is 8.14. The van der Waals surface area contributed by atoms with Gasteiger partial charge in [-0.05, 0) is 36.3 Å². The van der Waals surface area contributed by atoms with E-state index < -0.39 is 0 Å². The normalized spacial score (nSPS) is 19.1. The van der Waals surface area contributed by atoms with Crippen LogP contribution in [0.5, 0.6) is 0 Å². The lowest BCUT2D eigenvalue weighted by atomic mass is 10.0. The maximum Gasteiger partial charge on any atom is 0.161 e. The highest BCUT2D eigenvalue weighted by Gasteiger charge is 2.19. The van der Waals surface area contributed by atoms with Crippen LogP contribution in [-0.2, 0) is 12.8 Å². The van der Waals surface area contributed by atoms with Gasteiger partial charge in [0, 0.05) is 11.4 Å². The quantitative estimate of drug-likeness (QED) is 0.866. The zero-order valence-electron chi connectivity index (χ0n) is 13.1. The second-order valence-electron chi connectivity index (χ2n) is 5.67. The summed E-state index contributed by atoms with van der Waals surface area (Å²) >= 11 is 1.86. The average molecular weight is 290 g/mol. The Kier molecular flexibility index (Phi) is 5.53. The summed E-state index contributed by atoms with van der Waals surface area (Å²) in [5.74, 6) is 1.80. The molecule has 110 valence electrons. The summed E-state index contributed by atoms with van der Waals surface area (Å²) in [5.41, 5.74) is 4.06. The molecule has 1 aliphatic heterocycles. The van der Waals surface area contributed by atoms with Crippen LogP contribution >= 0.6 is 11.8 Å². The van der Waals surface area contributed by atoms with Gasteiger partial charge in [-0.2, -0.15) is 0 Å². The van der Waals surface area contributed by atoms with Crippen LogP contribution in [0.2, 0.25) is 0 Å². The van der Waals surface area contributed by atoms with E-state index in [-0.39, 0.29) is 0 Å². The van der Waals surface area contributed by atoms with E-state index in [4.69, 9.17) is 4.99 Å². The Balaban J connectivity index is 2.25. The first-order chi connectivity index (χ1) is 9.65. The van der Waals surface area contributed by atoms with Crippen LogP contribution in [0.3, 0.4) is 0 Å². The van der Waals surface area contributed by atoms with E-state index in [0.717, 1.165) is 18.0 Å². The van der Waals surface area contributed by atoms with Gasteiger partial charge in [0.15, 0.2) is 5.17 Å². The monoisotopic (exact) mass is 290 g/mol. The molecule has 0 aliphatic carbocycles. The Hall–Kier alpha value is -0.960. The Labute approximate surface area is 127 Å². The molecule has 0 saturated carbocycles. The molecule has 1 aromatic rings. The van der Waals surface area contributed by atoms with Crippen molar-refractivity contribution in [2.45, 2.75) is 53.0 Å². The predicted octanol–water partition coefficient (Wildman–Crippen LogP) is 4.74. The molecule has 0 aromatic heterocycles. The number of hydrogen-bond donors (Lipinski definition) is 1. The number of benzene rings is 1. The van der Waals surface area contributed by atoms with Crippen molar-refractivity contribution >= 4 is 22.6 Å². The van der Waals surface area contributed by atoms with Crippen LogP contribution in [-0.4, -0.2) is 17.0 Å². The molecule has 1 heterocycles. The molecule has 0 bridgehead atoms. The smallest absolute Gasteiger partial charge is 0.161 e. The molecule has 1 atom stereocenters. The molecule has 20 heavy (non-hydrogen) atoms. The van der Waals surface area contributed by atoms with E-state index in [2.05, 4.69) is 51.2 Å². The number of thioether (sulfide) groups is 1. The molecule has 2 rings (SSSR count). The minimum absolute atomic E-state index is 0.470. The second kappa shape index (κ2) is 7.16. The van der Waals surface area contributed by atoms with Gasteiger partial charge in [0.25, 0.3) is 0 Å². The molecule has 1 N–H and O–H groups in total. The van der Waals surface area contributed by atoms with Gasteiger partial charge < -0.3 is 5.32 Å². The third-order valence-corrected chi connectivity index (χ3v) is 4.86. The topological polar surface area (TPSA) is 24.4 Å². The van der Waals surface area contributed by atoms with Gasteiger partial charge in [0.2, 0.25) is 0 Å². The Morgan fingerprint density at radius 1 is 1.25 bits per heavy atom. The second-order valence-corrected chi connectivity index (χ2v) is 6.75. The third kappa shape index (κ3) is 3.57. The zero-order valence-corrected chi connectivity index (χ0v) is 13.9. The Morgan fingerprint density at radius 2 is 1.90 bits per heavy atom. The van der Waals surface area contributed by atoms with Crippen molar-refractivity contribution in [2.75, 3.05) is 11.1 Å². The number of anilines is 1. The van der Waals surface area contributed by atoms with Crippen molar-refractivity contribution in [1.29, 1.82) is 0 Å². The number of rotatable bonds is 4. The summed E-state index contributed by atoms with van der Waals surface area (Å²) in [6, 6.07) is 7.07. The number of nitrogens with zero attached hydrogens (tertiary/aromatic N) is 1. The summed E-state index contributed by atoms with van der Waals surface area (Å²) in [7, 11) is 0. The number of aliphatic imine (C=N–C) groups is 1. The maximum atomic E-state index is 4.90. The third-order valence-electron chi connectivity index (χ3n) is 3.94. The van der Waals surface area contributed by atoms with E-state index >= 15 is 0 Å². The zero-order chi connectivity index (χ0) is 14.5. The molecule has 2 nitrogen and oxygen atoms in total. The minimum Gasteiger partial charge on any atom is -0.335 e. The summed E-state index contributed by atoms with van der Waals surface area (Å²) in [4.78, 5) is 4.90. The van der Waals surface area contributed by atoms with Crippen molar-refractivity contribution in [1.82, 2.24) is 0 Å². The summed E-state index contributed by atoms with van der Waals surface area (Å²) < 4.78 is 0. The predicted molar refractivity (Wildman–Crippen MR) is 92.0 cm³/mol. The highest BCUT2D eigenvalue weighted by atomic mass is 32.2. The van der Waals surface area contributed by atoms with Gasteiger partial charge >= 0.3 is 0 Å². The Morgan fingerprint density at radius 3 is 2.45 bits per heavy atom. The fourth-order valence-corrected chi connectivity index (χ4v) is 3.53. The molecule has 0 saturated heterocycles. The van der Waals surface area contributed by atoms with Gasteiger partial charge in [0.05, 0.1) is 6.04 Å². The largest absolute Gasteiger partial charge is 0.335 e. The van der Waals surface area contributed by atoms with Crippen molar-refractivity contribution in [3.8, 4) is 0 Å². The number of hydrogen-bond acceptors (Lipinski definition) is 3. The minimum atomic E-state index is 0.470. The number of nitrogens with one attached hydrogen (secondary N) is 1. The van der Waals surface area contributed by atoms with Gasteiger partial charge in [0.1, 0.15) is 0 Å². The molecule has 0 fully saturated rings. The van der Waals surface area contributed by atoms with E-state index in [0.29, 0.717) is 12.0 Å². The van der Waals surface area contributed by atoms with Crippen LogP contribution in [0.1, 0.15) is 45.2 Å². The highest BCUT2D eigenvalue weighted by Crippen LogP contribution is 2.27. The fraction of sp³-hybridized carbons (Fsp3) is 0.588. The fourth-order valence-electron chi connectivity index (χ4n) is 2.59. The molecule has 0 spiro atoms. The standard InChI is InChI=1S/C17H26N2S/c1-5-13-8-7-9-14(6-2)16(13)19-17-18-15(12(3)4)10-11-20-17/h7-9,12,15H,5-6,10-11H2,1-4H3,(H,18,19). The molecule has 0 amide bonds. The molecule has 1 aromatic carbocycles. The van der Waals surface area contributed by atoms with Gasteiger partial charge in [-0.15, -0.1) is 0 Å². The van der Waals surface area contributed by atoms with E-state index in [1.165, 1.54) is 29.0 Å². The lowest BCUT2D eigenvalue weighted by Crippen LogP contribution is -2.24. The lowest BCUT2D eigenvalue weighted by molar-refractivity contribution is 0.485. The van der Waals surface area contributed by atoms with Crippen LogP contribution in [0.15, 0.2) is 23.2 Å². The first kappa shape index (κ1) is 15.4. The summed E-state index contributed by atoms with van der Waals surface area (Å²) in [6.45, 7) is 8.96. The molecular formula is C17H26N2S. The SMILES string of the molecule is CCc1cccc(CC)c1NC1=NC(C(C)C)CCS1. The first-order valence-corrected chi connectivity index (χ1v) is 8.72. The lowest BCUT2D eigenvalue weighted by Gasteiger charge is -2.24. The number of amidine groups is 1. The number of aryl methyl sites for hydroxylation is 2. The van der Waals surface area contributed by atoms with Crippen molar-refractivity contribution < 1.29 is 0 Å². The van der Waals surface area contributed by atoms with Crippen LogP contribution in [0.4, 0.5) is 5.69 Å². The van der Waals surface area contributed by atoms with Crippen molar-refractivity contribution in [3.05, 3.63) is 29.3 Å². The summed E-state index contributed by atoms with van der Waals surface area (Å²) in [5, 5.41) is 4.72. The molecule has 1 unspecified atom stereocenters. The van der Waals surface area contributed by atoms with Gasteiger partial charge in [-0.25, -0.2) is 0 Å². The van der Waals surface area contributed by atoms with Crippen molar-refractivity contribution in [3.63, 3.8) is 0 Å². The average Bonchev–Trinajstić information content (AvgIpc) is 2.47. The number of para-hydroxylation sites is 1. The molecule has 0 radical (unpaired) electrons. The van der Waals surface area contributed by atoms with E-state index in [9.17, 15) is 0 Å². The van der Waals surface area contributed by atoms with Gasteiger partial charge in [-0.3, -0.25) is 4.99 Å². The van der Waals surface area contributed by atoms with Gasteiger partial charge in [-0.1, -0.05) is 57.7 Å². The maximum absolute atomic E-state index is 4.90. The van der Waals surface area contributed by atoms with Crippen LogP contribution in [0, 0.1) is 5.92 Å².